The van der Waals surface area contributed by atoms with Crippen molar-refractivity contribution in [3.05, 3.63) is 89.7 Å². The van der Waals surface area contributed by atoms with Crippen LogP contribution in [0.3, 0.4) is 0 Å². The van der Waals surface area contributed by atoms with Crippen LogP contribution in [0.5, 0.6) is 5.75 Å². The molecule has 7 heteroatoms. The van der Waals surface area contributed by atoms with Crippen LogP contribution in [-0.4, -0.2) is 33.0 Å². The molecule has 6 nitrogen and oxygen atoms in total. The van der Waals surface area contributed by atoms with Crippen molar-refractivity contribution in [2.45, 2.75) is 17.1 Å². The Kier molecular flexibility index (Phi) is 6.29. The maximum absolute atomic E-state index is 13.3. The highest BCUT2D eigenvalue weighted by Gasteiger charge is 2.30. The monoisotopic (exact) mass is 410 g/mol. The summed E-state index contributed by atoms with van der Waals surface area (Å²) in [6, 6.07) is 16.6. The fourth-order valence-electron chi connectivity index (χ4n) is 2.90. The summed E-state index contributed by atoms with van der Waals surface area (Å²) in [5.41, 5.74) is 2.02. The molecule has 3 aromatic rings. The normalized spacial score (nSPS) is 12.2. The van der Waals surface area contributed by atoms with E-state index in [2.05, 4.69) is 10.3 Å². The molecule has 0 unspecified atom stereocenters. The Labute approximate surface area is 170 Å². The standard InChI is InChI=1S/C22H22N2O4S/c1-16-5-7-17(8-6-16)22(25)24-15-21(18-4-3-13-23-14-18)29(26,27)20-11-9-19(28-2)10-12-20/h3-14,21H,15H2,1-2H3,(H,24,25)/t21-/m1/s1. The Morgan fingerprint density at radius 2 is 1.76 bits per heavy atom. The van der Waals surface area contributed by atoms with Crippen LogP contribution in [0, 0.1) is 6.92 Å². The van der Waals surface area contributed by atoms with Gasteiger partial charge in [-0.15, -0.1) is 0 Å². The lowest BCUT2D eigenvalue weighted by molar-refractivity contribution is 0.0953. The van der Waals surface area contributed by atoms with E-state index in [1.165, 1.54) is 25.4 Å². The van der Waals surface area contributed by atoms with Gasteiger partial charge < -0.3 is 10.1 Å². The predicted octanol–water partition coefficient (Wildman–Crippen LogP) is 3.34. The molecule has 0 aliphatic heterocycles. The van der Waals surface area contributed by atoms with Crippen molar-refractivity contribution >= 4 is 15.7 Å². The molecule has 29 heavy (non-hydrogen) atoms. The van der Waals surface area contributed by atoms with Crippen molar-refractivity contribution in [1.82, 2.24) is 10.3 Å². The summed E-state index contributed by atoms with van der Waals surface area (Å²) in [6.07, 6.45) is 3.08. The largest absolute Gasteiger partial charge is 0.497 e. The van der Waals surface area contributed by atoms with E-state index in [4.69, 9.17) is 4.74 Å². The molecule has 0 fully saturated rings. The minimum atomic E-state index is -3.77. The number of carbonyl (C=O) groups excluding carboxylic acids is 1. The second kappa shape index (κ2) is 8.87. The van der Waals surface area contributed by atoms with E-state index in [1.807, 2.05) is 19.1 Å². The van der Waals surface area contributed by atoms with Gasteiger partial charge in [0.25, 0.3) is 5.91 Å². The van der Waals surface area contributed by atoms with Gasteiger partial charge in [0.05, 0.1) is 12.0 Å². The summed E-state index contributed by atoms with van der Waals surface area (Å²) in [7, 11) is -2.26. The van der Waals surface area contributed by atoms with Gasteiger partial charge in [0, 0.05) is 24.5 Å². The van der Waals surface area contributed by atoms with E-state index >= 15 is 0 Å². The number of benzene rings is 2. The predicted molar refractivity (Wildman–Crippen MR) is 111 cm³/mol. The third kappa shape index (κ3) is 4.81. The van der Waals surface area contributed by atoms with Gasteiger partial charge in [-0.25, -0.2) is 8.42 Å². The second-order valence-corrected chi connectivity index (χ2v) is 8.70. The average molecular weight is 410 g/mol. The minimum Gasteiger partial charge on any atom is -0.497 e. The van der Waals surface area contributed by atoms with Crippen LogP contribution in [-0.2, 0) is 9.84 Å². The summed E-state index contributed by atoms with van der Waals surface area (Å²) >= 11 is 0. The number of rotatable bonds is 7. The van der Waals surface area contributed by atoms with Crippen LogP contribution in [0.2, 0.25) is 0 Å². The third-order valence-corrected chi connectivity index (χ3v) is 6.70. The average Bonchev–Trinajstić information content (AvgIpc) is 2.75. The van der Waals surface area contributed by atoms with Crippen LogP contribution in [0.4, 0.5) is 0 Å². The molecule has 150 valence electrons. The molecule has 1 heterocycles. The molecule has 3 rings (SSSR count). The number of aryl methyl sites for hydroxylation is 1. The van der Waals surface area contributed by atoms with E-state index in [1.54, 1.807) is 42.6 Å². The number of aromatic nitrogens is 1. The summed E-state index contributed by atoms with van der Waals surface area (Å²) in [5.74, 6) is 0.235. The molecule has 0 spiro atoms. The Bertz CT molecular complexity index is 1060. The van der Waals surface area contributed by atoms with Crippen LogP contribution >= 0.6 is 0 Å². The summed E-state index contributed by atoms with van der Waals surface area (Å²) in [4.78, 5) is 16.7. The summed E-state index contributed by atoms with van der Waals surface area (Å²) in [6.45, 7) is 1.86. The zero-order valence-electron chi connectivity index (χ0n) is 16.2. The van der Waals surface area contributed by atoms with Gasteiger partial charge in [0.1, 0.15) is 11.0 Å². The number of methoxy groups -OCH3 is 1. The first-order chi connectivity index (χ1) is 13.9. The van der Waals surface area contributed by atoms with Gasteiger partial charge in [-0.1, -0.05) is 23.8 Å². The number of nitrogens with one attached hydrogen (secondary N) is 1. The Morgan fingerprint density at radius 1 is 1.07 bits per heavy atom. The first kappa shape index (κ1) is 20.5. The van der Waals surface area contributed by atoms with Crippen molar-refractivity contribution in [2.24, 2.45) is 0 Å². The van der Waals surface area contributed by atoms with Gasteiger partial charge in [-0.05, 0) is 55.0 Å². The van der Waals surface area contributed by atoms with E-state index in [9.17, 15) is 13.2 Å². The number of amides is 1. The Balaban J connectivity index is 1.88. The van der Waals surface area contributed by atoms with Crippen molar-refractivity contribution in [3.63, 3.8) is 0 Å². The zero-order valence-corrected chi connectivity index (χ0v) is 17.0. The topological polar surface area (TPSA) is 85.4 Å². The molecule has 0 saturated carbocycles. The number of pyridine rings is 1. The number of carbonyl (C=O) groups is 1. The van der Waals surface area contributed by atoms with Crippen molar-refractivity contribution in [3.8, 4) is 5.75 Å². The highest BCUT2D eigenvalue weighted by molar-refractivity contribution is 7.91. The fourth-order valence-corrected chi connectivity index (χ4v) is 4.54. The maximum atomic E-state index is 13.3. The first-order valence-electron chi connectivity index (χ1n) is 9.04. The molecule has 0 radical (unpaired) electrons. The lowest BCUT2D eigenvalue weighted by Gasteiger charge is -2.19. The van der Waals surface area contributed by atoms with Gasteiger partial charge in [0.15, 0.2) is 9.84 Å². The van der Waals surface area contributed by atoms with Gasteiger partial charge in [-0.3, -0.25) is 9.78 Å². The molecule has 1 atom stereocenters. The van der Waals surface area contributed by atoms with E-state index in [0.29, 0.717) is 16.9 Å². The molecule has 0 aliphatic carbocycles. The smallest absolute Gasteiger partial charge is 0.251 e. The van der Waals surface area contributed by atoms with Crippen LogP contribution < -0.4 is 10.1 Å². The third-order valence-electron chi connectivity index (χ3n) is 4.58. The molecule has 0 saturated heterocycles. The molecular formula is C22H22N2O4S. The molecular weight excluding hydrogens is 388 g/mol. The second-order valence-electron chi connectivity index (χ2n) is 6.57. The van der Waals surface area contributed by atoms with Crippen LogP contribution in [0.25, 0.3) is 0 Å². The van der Waals surface area contributed by atoms with Crippen molar-refractivity contribution in [1.29, 1.82) is 0 Å². The van der Waals surface area contributed by atoms with Crippen LogP contribution in [0.15, 0.2) is 78.0 Å². The van der Waals surface area contributed by atoms with Crippen LogP contribution in [0.1, 0.15) is 26.7 Å². The highest BCUT2D eigenvalue weighted by atomic mass is 32.2. The summed E-state index contributed by atoms with van der Waals surface area (Å²) in [5, 5.41) is 1.77. The van der Waals surface area contributed by atoms with Gasteiger partial charge >= 0.3 is 0 Å². The molecule has 1 N–H and O–H groups in total. The van der Waals surface area contributed by atoms with E-state index < -0.39 is 15.1 Å². The lowest BCUT2D eigenvalue weighted by Crippen LogP contribution is -2.32. The van der Waals surface area contributed by atoms with Gasteiger partial charge in [-0.2, -0.15) is 0 Å². The number of sulfone groups is 1. The quantitative estimate of drug-likeness (QED) is 0.646. The molecule has 2 aromatic carbocycles. The zero-order chi connectivity index (χ0) is 20.9. The van der Waals surface area contributed by atoms with E-state index in [-0.39, 0.29) is 17.3 Å². The van der Waals surface area contributed by atoms with E-state index in [0.717, 1.165) is 5.56 Å². The fraction of sp³-hybridized carbons (Fsp3) is 0.182. The number of hydrogen-bond donors (Lipinski definition) is 1. The molecule has 1 amide bonds. The number of ether oxygens (including phenoxy) is 1. The lowest BCUT2D eigenvalue weighted by atomic mass is 10.1. The maximum Gasteiger partial charge on any atom is 0.251 e. The van der Waals surface area contributed by atoms with Crippen molar-refractivity contribution < 1.29 is 17.9 Å². The highest BCUT2D eigenvalue weighted by Crippen LogP contribution is 2.29. The summed E-state index contributed by atoms with van der Waals surface area (Å²) < 4.78 is 31.7. The van der Waals surface area contributed by atoms with Crippen molar-refractivity contribution in [2.75, 3.05) is 13.7 Å². The molecule has 0 bridgehead atoms. The molecule has 0 aliphatic rings. The SMILES string of the molecule is COc1ccc(S(=O)(=O)[C@H](CNC(=O)c2ccc(C)cc2)c2cccnc2)cc1. The Morgan fingerprint density at radius 3 is 2.34 bits per heavy atom. The number of hydrogen-bond acceptors (Lipinski definition) is 5. The molecule has 1 aromatic heterocycles. The number of nitrogens with zero attached hydrogens (tertiary/aromatic N) is 1. The minimum absolute atomic E-state index is 0.0766. The Hall–Kier alpha value is -3.19. The first-order valence-corrected chi connectivity index (χ1v) is 10.6. The van der Waals surface area contributed by atoms with Gasteiger partial charge in [0.2, 0.25) is 0 Å².